The quantitative estimate of drug-likeness (QED) is 0.532. The van der Waals surface area contributed by atoms with Gasteiger partial charge in [0.1, 0.15) is 0 Å². The third-order valence-corrected chi connectivity index (χ3v) is 6.59. The van der Waals surface area contributed by atoms with Gasteiger partial charge < -0.3 is 0 Å². The third kappa shape index (κ3) is 3.64. The smallest absolute Gasteiger partial charge is 0.289 e. The van der Waals surface area contributed by atoms with Gasteiger partial charge >= 0.3 is 10.2 Å². The molecule has 8 nitrogen and oxygen atoms in total. The maximum absolute atomic E-state index is 13.3. The van der Waals surface area contributed by atoms with Gasteiger partial charge in [-0.1, -0.05) is 19.1 Å². The van der Waals surface area contributed by atoms with Crippen LogP contribution in [0, 0.1) is 0 Å². The summed E-state index contributed by atoms with van der Waals surface area (Å²) in [6.45, 7) is 2.08. The van der Waals surface area contributed by atoms with Gasteiger partial charge in [0.05, 0.1) is 17.4 Å². The molecule has 4 rings (SSSR count). The van der Waals surface area contributed by atoms with Crippen molar-refractivity contribution in [2.75, 3.05) is 18.3 Å². The van der Waals surface area contributed by atoms with Crippen molar-refractivity contribution in [1.82, 2.24) is 19.1 Å². The second-order valence-electron chi connectivity index (χ2n) is 7.05. The van der Waals surface area contributed by atoms with E-state index in [2.05, 4.69) is 14.8 Å². The summed E-state index contributed by atoms with van der Waals surface area (Å²) in [5.74, 6) is 0. The fraction of sp³-hybridized carbons (Fsp3) is 0.190. The molecule has 0 amide bonds. The predicted molar refractivity (Wildman–Crippen MR) is 119 cm³/mol. The highest BCUT2D eigenvalue weighted by atomic mass is 32.2. The van der Waals surface area contributed by atoms with Crippen LogP contribution in [0.1, 0.15) is 6.92 Å². The summed E-state index contributed by atoms with van der Waals surface area (Å²) in [6.07, 6.45) is 5.28. The zero-order chi connectivity index (χ0) is 21.5. The number of nitrogens with one attached hydrogen (secondary N) is 1. The molecule has 0 atom stereocenters. The SMILES string of the molecule is CCN(C)S(=O)(=O)Nc1ccc2ccc3ncc(-c4cnn(C)c4)cc3c(=O)c2c1. The number of hydrogen-bond donors (Lipinski definition) is 1. The number of anilines is 1. The van der Waals surface area contributed by atoms with Crippen LogP contribution in [0.2, 0.25) is 0 Å². The molecule has 1 N–H and O–H groups in total. The van der Waals surface area contributed by atoms with Crippen LogP contribution < -0.4 is 10.2 Å². The molecule has 9 heteroatoms. The van der Waals surface area contributed by atoms with E-state index in [1.165, 1.54) is 11.4 Å². The highest BCUT2D eigenvalue weighted by Gasteiger charge is 2.16. The molecule has 2 heterocycles. The Bertz CT molecular complexity index is 1430. The minimum absolute atomic E-state index is 0.215. The number of pyridine rings is 1. The first-order valence-corrected chi connectivity index (χ1v) is 10.8. The molecule has 0 saturated heterocycles. The molecule has 0 saturated carbocycles. The molecule has 0 aliphatic rings. The van der Waals surface area contributed by atoms with Gasteiger partial charge in [0, 0.05) is 54.9 Å². The summed E-state index contributed by atoms with van der Waals surface area (Å²) in [6, 6.07) is 10.3. The van der Waals surface area contributed by atoms with Crippen LogP contribution >= 0.6 is 0 Å². The largest absolute Gasteiger partial charge is 0.301 e. The van der Waals surface area contributed by atoms with E-state index in [9.17, 15) is 13.2 Å². The lowest BCUT2D eigenvalue weighted by molar-refractivity contribution is 0.491. The number of nitrogens with zero attached hydrogens (tertiary/aromatic N) is 4. The fourth-order valence-corrected chi connectivity index (χ4v) is 4.11. The predicted octanol–water partition coefficient (Wildman–Crippen LogP) is 2.76. The molecule has 0 radical (unpaired) electrons. The minimum atomic E-state index is -3.69. The van der Waals surface area contributed by atoms with Crippen molar-refractivity contribution in [1.29, 1.82) is 0 Å². The first kappa shape index (κ1) is 20.0. The highest BCUT2D eigenvalue weighted by Crippen LogP contribution is 2.23. The van der Waals surface area contributed by atoms with Crippen molar-refractivity contribution in [2.24, 2.45) is 7.05 Å². The zero-order valence-electron chi connectivity index (χ0n) is 16.8. The van der Waals surface area contributed by atoms with Gasteiger partial charge in [0.2, 0.25) is 0 Å². The second-order valence-corrected chi connectivity index (χ2v) is 8.82. The highest BCUT2D eigenvalue weighted by molar-refractivity contribution is 7.90. The molecular weight excluding hydrogens is 402 g/mol. The Kier molecular flexibility index (Phi) is 5.00. The first-order chi connectivity index (χ1) is 14.3. The van der Waals surface area contributed by atoms with Gasteiger partial charge in [-0.3, -0.25) is 19.2 Å². The standard InChI is InChI=1S/C21H21N5O3S/c1-4-26(3)30(28,29)24-17-7-5-14-6-8-20-19(21(27)18(14)10-17)9-15(11-22-20)16-12-23-25(2)13-16/h5-13,24H,4H2,1-3H3. The number of aromatic nitrogens is 3. The van der Waals surface area contributed by atoms with Crippen molar-refractivity contribution in [3.05, 3.63) is 65.2 Å². The van der Waals surface area contributed by atoms with Crippen molar-refractivity contribution in [3.8, 4) is 11.1 Å². The van der Waals surface area contributed by atoms with Gasteiger partial charge in [-0.05, 0) is 29.7 Å². The molecule has 154 valence electrons. The average molecular weight is 423 g/mol. The monoisotopic (exact) mass is 423 g/mol. The van der Waals surface area contributed by atoms with Crippen molar-refractivity contribution in [2.45, 2.75) is 6.92 Å². The molecule has 2 aromatic heterocycles. The number of fused-ring (bicyclic) bond motifs is 2. The number of aryl methyl sites for hydroxylation is 1. The van der Waals surface area contributed by atoms with Crippen LogP contribution in [0.3, 0.4) is 0 Å². The van der Waals surface area contributed by atoms with E-state index >= 15 is 0 Å². The molecule has 0 bridgehead atoms. The molecule has 30 heavy (non-hydrogen) atoms. The molecular formula is C21H21N5O3S. The van der Waals surface area contributed by atoms with E-state index in [1.54, 1.807) is 54.3 Å². The number of benzene rings is 1. The zero-order valence-corrected chi connectivity index (χ0v) is 17.6. The average Bonchev–Trinajstić information content (AvgIpc) is 3.11. The minimum Gasteiger partial charge on any atom is -0.289 e. The second kappa shape index (κ2) is 7.51. The Morgan fingerprint density at radius 2 is 1.83 bits per heavy atom. The van der Waals surface area contributed by atoms with Crippen LogP contribution in [0.4, 0.5) is 5.69 Å². The molecule has 0 aliphatic carbocycles. The lowest BCUT2D eigenvalue weighted by Gasteiger charge is -2.16. The number of hydrogen-bond acceptors (Lipinski definition) is 5. The summed E-state index contributed by atoms with van der Waals surface area (Å²) < 4.78 is 30.1. The van der Waals surface area contributed by atoms with Crippen LogP contribution in [-0.2, 0) is 17.3 Å². The Morgan fingerprint density at radius 3 is 2.53 bits per heavy atom. The normalized spacial score (nSPS) is 12.0. The summed E-state index contributed by atoms with van der Waals surface area (Å²) >= 11 is 0. The van der Waals surface area contributed by atoms with E-state index in [1.807, 2.05) is 19.3 Å². The van der Waals surface area contributed by atoms with Gasteiger partial charge in [-0.15, -0.1) is 0 Å². The van der Waals surface area contributed by atoms with Crippen LogP contribution in [0.25, 0.3) is 32.8 Å². The van der Waals surface area contributed by atoms with Crippen molar-refractivity contribution < 1.29 is 8.42 Å². The lowest BCUT2D eigenvalue weighted by Crippen LogP contribution is -2.32. The lowest BCUT2D eigenvalue weighted by atomic mass is 10.1. The summed E-state index contributed by atoms with van der Waals surface area (Å²) in [5.41, 5.74) is 2.33. The van der Waals surface area contributed by atoms with E-state index in [0.717, 1.165) is 11.1 Å². The maximum atomic E-state index is 13.3. The molecule has 0 fully saturated rings. The first-order valence-electron chi connectivity index (χ1n) is 9.38. The Labute approximate surface area is 174 Å². The van der Waals surface area contributed by atoms with E-state index in [-0.39, 0.29) is 5.43 Å². The van der Waals surface area contributed by atoms with Gasteiger partial charge in [0.15, 0.2) is 5.43 Å². The van der Waals surface area contributed by atoms with Gasteiger partial charge in [0.25, 0.3) is 0 Å². The van der Waals surface area contributed by atoms with Crippen molar-refractivity contribution >= 4 is 37.6 Å². The van der Waals surface area contributed by atoms with Crippen LogP contribution in [0.15, 0.2) is 59.8 Å². The molecule has 0 unspecified atom stereocenters. The van der Waals surface area contributed by atoms with E-state index < -0.39 is 10.2 Å². The van der Waals surface area contributed by atoms with Gasteiger partial charge in [-0.2, -0.15) is 17.8 Å². The molecule has 0 spiro atoms. The van der Waals surface area contributed by atoms with Crippen LogP contribution in [-0.4, -0.2) is 41.1 Å². The number of rotatable bonds is 5. The Hall–Kier alpha value is -3.30. The van der Waals surface area contributed by atoms with E-state index in [4.69, 9.17) is 0 Å². The molecule has 2 aromatic carbocycles. The Morgan fingerprint density at radius 1 is 1.07 bits per heavy atom. The van der Waals surface area contributed by atoms with Crippen molar-refractivity contribution in [3.63, 3.8) is 0 Å². The van der Waals surface area contributed by atoms with Crippen LogP contribution in [0.5, 0.6) is 0 Å². The van der Waals surface area contributed by atoms with E-state index in [0.29, 0.717) is 33.9 Å². The summed E-state index contributed by atoms with van der Waals surface area (Å²) in [4.78, 5) is 17.8. The Balaban J connectivity index is 1.89. The maximum Gasteiger partial charge on any atom is 0.301 e. The van der Waals surface area contributed by atoms with Gasteiger partial charge in [-0.25, -0.2) is 0 Å². The molecule has 4 aromatic rings. The summed E-state index contributed by atoms with van der Waals surface area (Å²) in [5, 5.41) is 5.73. The molecule has 0 aliphatic heterocycles. The topological polar surface area (TPSA) is 97.2 Å². The fourth-order valence-electron chi connectivity index (χ4n) is 3.19. The third-order valence-electron chi connectivity index (χ3n) is 5.02. The summed E-state index contributed by atoms with van der Waals surface area (Å²) in [7, 11) is -0.375.